The summed E-state index contributed by atoms with van der Waals surface area (Å²) in [6.45, 7) is 1.78. The molecule has 1 aromatic carbocycles. The second-order valence-corrected chi connectivity index (χ2v) is 6.82. The number of rotatable bonds is 4. The predicted molar refractivity (Wildman–Crippen MR) is 97.8 cm³/mol. The number of carbonyl (C=O) groups excluding carboxylic acids is 1. The molecule has 0 spiro atoms. The van der Waals surface area contributed by atoms with E-state index in [1.165, 1.54) is 6.20 Å². The Morgan fingerprint density at radius 3 is 2.68 bits per heavy atom. The zero-order valence-corrected chi connectivity index (χ0v) is 15.2. The molecule has 1 saturated heterocycles. The van der Waals surface area contributed by atoms with Gasteiger partial charge in [-0.15, -0.1) is 0 Å². The molecule has 3 rings (SSSR count). The Balaban J connectivity index is 1.94. The number of hydrogen-bond donors (Lipinski definition) is 0. The van der Waals surface area contributed by atoms with Gasteiger partial charge in [0.1, 0.15) is 5.69 Å². The Morgan fingerprint density at radius 1 is 1.28 bits per heavy atom. The van der Waals surface area contributed by atoms with E-state index in [2.05, 4.69) is 9.88 Å². The smallest absolute Gasteiger partial charge is 0.273 e. The summed E-state index contributed by atoms with van der Waals surface area (Å²) >= 11 is 5.89. The van der Waals surface area contributed by atoms with Gasteiger partial charge in [-0.25, -0.2) is 4.98 Å². The standard InChI is InChI=1S/C19H22ClN3O2/c1-22(2)13-17-18(14-6-4-3-5-7-14)23(10-11-25-17)19(24)16-9-8-15(20)12-21-16/h3-9,12,17-18H,10-11,13H2,1-2H3/t17-,18-/m0/s1. The van der Waals surface area contributed by atoms with Crippen molar-refractivity contribution in [2.45, 2.75) is 12.1 Å². The molecular weight excluding hydrogens is 338 g/mol. The van der Waals surface area contributed by atoms with E-state index in [1.807, 2.05) is 49.3 Å². The maximum Gasteiger partial charge on any atom is 0.273 e. The van der Waals surface area contributed by atoms with E-state index < -0.39 is 0 Å². The van der Waals surface area contributed by atoms with Crippen molar-refractivity contribution in [2.24, 2.45) is 0 Å². The maximum absolute atomic E-state index is 13.1. The van der Waals surface area contributed by atoms with E-state index >= 15 is 0 Å². The number of pyridine rings is 1. The van der Waals surface area contributed by atoms with Gasteiger partial charge < -0.3 is 14.5 Å². The van der Waals surface area contributed by atoms with Crippen molar-refractivity contribution < 1.29 is 9.53 Å². The Bertz CT molecular complexity index is 706. The molecule has 132 valence electrons. The number of nitrogens with zero attached hydrogens (tertiary/aromatic N) is 3. The topological polar surface area (TPSA) is 45.7 Å². The van der Waals surface area contributed by atoms with Crippen molar-refractivity contribution in [3.05, 3.63) is 64.9 Å². The van der Waals surface area contributed by atoms with Crippen molar-refractivity contribution in [3.8, 4) is 0 Å². The Hall–Kier alpha value is -1.95. The summed E-state index contributed by atoms with van der Waals surface area (Å²) in [6, 6.07) is 13.2. The average Bonchev–Trinajstić information content (AvgIpc) is 2.62. The molecule has 1 aromatic heterocycles. The summed E-state index contributed by atoms with van der Waals surface area (Å²) in [5, 5.41) is 0.517. The summed E-state index contributed by atoms with van der Waals surface area (Å²) in [5.41, 5.74) is 1.46. The number of amides is 1. The van der Waals surface area contributed by atoms with Gasteiger partial charge in [-0.2, -0.15) is 0 Å². The number of morpholine rings is 1. The molecule has 0 aliphatic carbocycles. The Morgan fingerprint density at radius 2 is 2.04 bits per heavy atom. The van der Waals surface area contributed by atoms with E-state index in [4.69, 9.17) is 16.3 Å². The van der Waals surface area contributed by atoms with Gasteiger partial charge in [0, 0.05) is 19.3 Å². The zero-order valence-electron chi connectivity index (χ0n) is 14.4. The van der Waals surface area contributed by atoms with Gasteiger partial charge in [-0.05, 0) is 31.8 Å². The first-order valence-electron chi connectivity index (χ1n) is 8.30. The maximum atomic E-state index is 13.1. The van der Waals surface area contributed by atoms with E-state index in [1.54, 1.807) is 12.1 Å². The van der Waals surface area contributed by atoms with Crippen molar-refractivity contribution in [2.75, 3.05) is 33.8 Å². The van der Waals surface area contributed by atoms with E-state index in [-0.39, 0.29) is 18.1 Å². The monoisotopic (exact) mass is 359 g/mol. The molecule has 1 aliphatic heterocycles. The van der Waals surface area contributed by atoms with Crippen molar-refractivity contribution in [3.63, 3.8) is 0 Å². The zero-order chi connectivity index (χ0) is 17.8. The number of hydrogen-bond acceptors (Lipinski definition) is 4. The molecule has 0 unspecified atom stereocenters. The van der Waals surface area contributed by atoms with Gasteiger partial charge in [0.15, 0.2) is 0 Å². The summed E-state index contributed by atoms with van der Waals surface area (Å²) in [6.07, 6.45) is 1.41. The molecule has 2 heterocycles. The highest BCUT2D eigenvalue weighted by molar-refractivity contribution is 6.30. The first-order valence-corrected chi connectivity index (χ1v) is 8.68. The summed E-state index contributed by atoms with van der Waals surface area (Å²) < 4.78 is 6.01. The SMILES string of the molecule is CN(C)C[C@@H]1OCCN(C(=O)c2ccc(Cl)cn2)[C@H]1c1ccccc1. The Kier molecular flexibility index (Phi) is 5.68. The third-order valence-corrected chi connectivity index (χ3v) is 4.47. The molecule has 0 radical (unpaired) electrons. The fourth-order valence-corrected chi connectivity index (χ4v) is 3.28. The molecule has 1 fully saturated rings. The molecular formula is C19H22ClN3O2. The molecule has 2 aromatic rings. The molecule has 0 saturated carbocycles. The summed E-state index contributed by atoms with van der Waals surface area (Å²) in [7, 11) is 4.01. The lowest BCUT2D eigenvalue weighted by Crippen LogP contribution is -2.51. The normalized spacial score (nSPS) is 20.7. The second-order valence-electron chi connectivity index (χ2n) is 6.39. The third kappa shape index (κ3) is 4.18. The fraction of sp³-hybridized carbons (Fsp3) is 0.368. The molecule has 1 aliphatic rings. The molecule has 2 atom stereocenters. The van der Waals surface area contributed by atoms with Gasteiger partial charge in [-0.1, -0.05) is 41.9 Å². The molecule has 5 nitrogen and oxygen atoms in total. The largest absolute Gasteiger partial charge is 0.373 e. The van der Waals surface area contributed by atoms with Crippen molar-refractivity contribution in [1.82, 2.24) is 14.8 Å². The van der Waals surface area contributed by atoms with Crippen LogP contribution in [0.4, 0.5) is 0 Å². The van der Waals surface area contributed by atoms with Crippen molar-refractivity contribution in [1.29, 1.82) is 0 Å². The summed E-state index contributed by atoms with van der Waals surface area (Å²) in [5.74, 6) is -0.0995. The first-order chi connectivity index (χ1) is 12.1. The lowest BCUT2D eigenvalue weighted by molar-refractivity contribution is -0.0686. The number of ether oxygens (including phenoxy) is 1. The first kappa shape index (κ1) is 17.9. The lowest BCUT2D eigenvalue weighted by atomic mass is 9.97. The second kappa shape index (κ2) is 7.95. The van der Waals surface area contributed by atoms with Crippen LogP contribution in [0.5, 0.6) is 0 Å². The van der Waals surface area contributed by atoms with Crippen LogP contribution >= 0.6 is 11.6 Å². The average molecular weight is 360 g/mol. The molecule has 1 amide bonds. The molecule has 6 heteroatoms. The van der Waals surface area contributed by atoms with Gasteiger partial charge in [0.2, 0.25) is 0 Å². The summed E-state index contributed by atoms with van der Waals surface area (Å²) in [4.78, 5) is 21.2. The number of aromatic nitrogens is 1. The lowest BCUT2D eigenvalue weighted by Gasteiger charge is -2.42. The number of benzene rings is 1. The van der Waals surface area contributed by atoms with Crippen LogP contribution in [-0.4, -0.2) is 60.6 Å². The van der Waals surface area contributed by atoms with Crippen molar-refractivity contribution >= 4 is 17.5 Å². The highest BCUT2D eigenvalue weighted by Gasteiger charge is 2.37. The van der Waals surface area contributed by atoms with E-state index in [0.29, 0.717) is 23.9 Å². The minimum Gasteiger partial charge on any atom is -0.373 e. The highest BCUT2D eigenvalue weighted by atomic mass is 35.5. The molecule has 25 heavy (non-hydrogen) atoms. The van der Waals surface area contributed by atoms with E-state index in [0.717, 1.165) is 12.1 Å². The minimum absolute atomic E-state index is 0.0950. The van der Waals surface area contributed by atoms with Crippen LogP contribution in [0.3, 0.4) is 0 Å². The molecule has 0 N–H and O–H groups in total. The fourth-order valence-electron chi connectivity index (χ4n) is 3.17. The van der Waals surface area contributed by atoms with Crippen LogP contribution in [0.15, 0.2) is 48.7 Å². The van der Waals surface area contributed by atoms with Gasteiger partial charge >= 0.3 is 0 Å². The molecule has 0 bridgehead atoms. The van der Waals surface area contributed by atoms with Gasteiger partial charge in [0.05, 0.1) is 23.8 Å². The van der Waals surface area contributed by atoms with Crippen LogP contribution in [0.2, 0.25) is 5.02 Å². The predicted octanol–water partition coefficient (Wildman–Crippen LogP) is 2.88. The quantitative estimate of drug-likeness (QED) is 0.842. The number of likely N-dealkylation sites (N-methyl/N-ethyl adjacent to an activating group) is 1. The van der Waals surface area contributed by atoms with E-state index in [9.17, 15) is 4.79 Å². The highest BCUT2D eigenvalue weighted by Crippen LogP contribution is 2.31. The van der Waals surface area contributed by atoms with Crippen LogP contribution in [0.25, 0.3) is 0 Å². The minimum atomic E-state index is -0.151. The Labute approximate surface area is 153 Å². The van der Waals surface area contributed by atoms with Gasteiger partial charge in [0.25, 0.3) is 5.91 Å². The van der Waals surface area contributed by atoms with Crippen LogP contribution in [-0.2, 0) is 4.74 Å². The third-order valence-electron chi connectivity index (χ3n) is 4.25. The van der Waals surface area contributed by atoms with Crippen LogP contribution in [0.1, 0.15) is 22.1 Å². The van der Waals surface area contributed by atoms with Crippen LogP contribution < -0.4 is 0 Å². The number of carbonyl (C=O) groups is 1. The van der Waals surface area contributed by atoms with Crippen LogP contribution in [0, 0.1) is 0 Å². The van der Waals surface area contributed by atoms with Gasteiger partial charge in [-0.3, -0.25) is 4.79 Å². The number of halogens is 1.